The van der Waals surface area contributed by atoms with E-state index in [1.165, 1.54) is 0 Å². The van der Waals surface area contributed by atoms with Crippen LogP contribution >= 0.6 is 0 Å². The third-order valence-corrected chi connectivity index (χ3v) is 6.44. The molecule has 1 aliphatic heterocycles. The van der Waals surface area contributed by atoms with Gasteiger partial charge in [0.2, 0.25) is 0 Å². The standard InChI is InChI=1S/C24H22N2O4/c1-24(2)29-21-18(14-11-25-15-9-5-3-7-12(14)15)20-17(19(23(27)28)22(21)30-24)13-8-4-6-10-16(13)26-20/h3-11,18-19,21-22,25-26H,1-2H3,(H,27,28). The van der Waals surface area contributed by atoms with Gasteiger partial charge < -0.3 is 24.5 Å². The van der Waals surface area contributed by atoms with Crippen molar-refractivity contribution in [2.24, 2.45) is 0 Å². The molecule has 4 unspecified atom stereocenters. The predicted molar refractivity (Wildman–Crippen MR) is 113 cm³/mol. The first kappa shape index (κ1) is 17.7. The van der Waals surface area contributed by atoms with Crippen LogP contribution in [0.4, 0.5) is 0 Å². The van der Waals surface area contributed by atoms with E-state index in [-0.39, 0.29) is 5.92 Å². The Balaban J connectivity index is 1.67. The van der Waals surface area contributed by atoms with Gasteiger partial charge in [0.25, 0.3) is 0 Å². The van der Waals surface area contributed by atoms with Crippen LogP contribution in [-0.4, -0.2) is 39.0 Å². The van der Waals surface area contributed by atoms with E-state index < -0.39 is 29.9 Å². The van der Waals surface area contributed by atoms with E-state index in [1.54, 1.807) is 0 Å². The molecule has 0 radical (unpaired) electrons. The summed E-state index contributed by atoms with van der Waals surface area (Å²) in [7, 11) is 0. The molecule has 3 heterocycles. The Morgan fingerprint density at radius 2 is 1.63 bits per heavy atom. The second-order valence-electron chi connectivity index (χ2n) is 8.65. The molecule has 0 bridgehead atoms. The highest BCUT2D eigenvalue weighted by molar-refractivity contribution is 5.93. The number of benzene rings is 2. The molecule has 4 aromatic rings. The topological polar surface area (TPSA) is 87.3 Å². The fourth-order valence-electron chi connectivity index (χ4n) is 5.37. The fraction of sp³-hybridized carbons (Fsp3) is 0.292. The molecule has 6 nitrogen and oxygen atoms in total. The van der Waals surface area contributed by atoms with Gasteiger partial charge in [-0.3, -0.25) is 4.79 Å². The highest BCUT2D eigenvalue weighted by Gasteiger charge is 2.57. The lowest BCUT2D eigenvalue weighted by molar-refractivity contribution is -0.155. The van der Waals surface area contributed by atoms with Crippen molar-refractivity contribution in [3.8, 4) is 0 Å². The number of aromatic amines is 2. The lowest BCUT2D eigenvalue weighted by Gasteiger charge is -2.35. The van der Waals surface area contributed by atoms with Gasteiger partial charge in [-0.05, 0) is 37.1 Å². The summed E-state index contributed by atoms with van der Waals surface area (Å²) in [5, 5.41) is 12.2. The van der Waals surface area contributed by atoms with Gasteiger partial charge in [0.15, 0.2) is 5.79 Å². The van der Waals surface area contributed by atoms with Crippen LogP contribution in [0.25, 0.3) is 21.8 Å². The van der Waals surface area contributed by atoms with E-state index in [0.717, 1.165) is 38.6 Å². The van der Waals surface area contributed by atoms with E-state index in [2.05, 4.69) is 16.0 Å². The van der Waals surface area contributed by atoms with Crippen LogP contribution in [0.1, 0.15) is 42.5 Å². The minimum atomic E-state index is -0.894. The number of ether oxygens (including phenoxy) is 2. The molecule has 1 saturated heterocycles. The summed E-state index contributed by atoms with van der Waals surface area (Å²) in [6, 6.07) is 16.0. The van der Waals surface area contributed by atoms with Gasteiger partial charge in [-0.1, -0.05) is 36.4 Å². The number of para-hydroxylation sites is 2. The molecule has 1 fully saturated rings. The predicted octanol–water partition coefficient (Wildman–Crippen LogP) is 4.48. The van der Waals surface area contributed by atoms with Crippen molar-refractivity contribution < 1.29 is 19.4 Å². The summed E-state index contributed by atoms with van der Waals surface area (Å²) in [5.74, 6) is -2.72. The Labute approximate surface area is 172 Å². The number of rotatable bonds is 2. The van der Waals surface area contributed by atoms with Crippen molar-refractivity contribution in [1.82, 2.24) is 9.97 Å². The van der Waals surface area contributed by atoms with Crippen molar-refractivity contribution in [3.63, 3.8) is 0 Å². The van der Waals surface area contributed by atoms with E-state index in [1.807, 2.05) is 62.5 Å². The maximum Gasteiger partial charge on any atom is 0.313 e. The SMILES string of the molecule is CC1(C)OC2C(C(=O)O)c3c([nH]c4ccccc34)C(c3c[nH]c4ccccc34)C2O1. The molecule has 0 spiro atoms. The molecule has 4 atom stereocenters. The van der Waals surface area contributed by atoms with E-state index in [9.17, 15) is 9.90 Å². The van der Waals surface area contributed by atoms with E-state index >= 15 is 0 Å². The van der Waals surface area contributed by atoms with Crippen LogP contribution in [0, 0.1) is 0 Å². The van der Waals surface area contributed by atoms with Crippen molar-refractivity contribution >= 4 is 27.8 Å². The lowest BCUT2D eigenvalue weighted by atomic mass is 9.73. The Morgan fingerprint density at radius 3 is 2.40 bits per heavy atom. The van der Waals surface area contributed by atoms with E-state index in [0.29, 0.717) is 0 Å². The minimum Gasteiger partial charge on any atom is -0.481 e. The van der Waals surface area contributed by atoms with Gasteiger partial charge in [0.1, 0.15) is 18.1 Å². The molecule has 1 aliphatic carbocycles. The van der Waals surface area contributed by atoms with E-state index in [4.69, 9.17) is 9.47 Å². The largest absolute Gasteiger partial charge is 0.481 e. The Morgan fingerprint density at radius 1 is 0.967 bits per heavy atom. The van der Waals surface area contributed by atoms with Gasteiger partial charge in [0.05, 0.1) is 5.92 Å². The van der Waals surface area contributed by atoms with Crippen LogP contribution in [-0.2, 0) is 14.3 Å². The van der Waals surface area contributed by atoms with Crippen molar-refractivity contribution in [1.29, 1.82) is 0 Å². The molecule has 2 aliphatic rings. The third kappa shape index (κ3) is 2.35. The summed E-state index contributed by atoms with van der Waals surface area (Å²) in [6.07, 6.45) is 1.01. The van der Waals surface area contributed by atoms with Crippen molar-refractivity contribution in [2.45, 2.75) is 43.7 Å². The summed E-state index contributed by atoms with van der Waals surface area (Å²) >= 11 is 0. The quantitative estimate of drug-likeness (QED) is 0.461. The summed E-state index contributed by atoms with van der Waals surface area (Å²) < 4.78 is 12.6. The zero-order valence-corrected chi connectivity index (χ0v) is 16.7. The first-order valence-electron chi connectivity index (χ1n) is 10.2. The molecular weight excluding hydrogens is 380 g/mol. The number of carbonyl (C=O) groups is 1. The average molecular weight is 402 g/mol. The molecule has 0 saturated carbocycles. The molecule has 2 aromatic carbocycles. The van der Waals surface area contributed by atoms with Crippen LogP contribution < -0.4 is 0 Å². The Hall–Kier alpha value is -3.09. The van der Waals surface area contributed by atoms with Gasteiger partial charge in [-0.2, -0.15) is 0 Å². The van der Waals surface area contributed by atoms with Crippen molar-refractivity contribution in [2.75, 3.05) is 0 Å². The summed E-state index contributed by atoms with van der Waals surface area (Å²) in [4.78, 5) is 19.4. The molecular formula is C24H22N2O4. The maximum absolute atomic E-state index is 12.5. The van der Waals surface area contributed by atoms with Crippen molar-refractivity contribution in [3.05, 3.63) is 71.5 Å². The highest BCUT2D eigenvalue weighted by atomic mass is 16.8. The minimum absolute atomic E-state index is 0.175. The number of H-pyrrole nitrogens is 2. The van der Waals surface area contributed by atoms with Crippen LogP contribution in [0.15, 0.2) is 54.7 Å². The fourth-order valence-corrected chi connectivity index (χ4v) is 5.37. The maximum atomic E-state index is 12.5. The molecule has 6 heteroatoms. The molecule has 0 amide bonds. The zero-order valence-electron chi connectivity index (χ0n) is 16.7. The monoisotopic (exact) mass is 402 g/mol. The first-order valence-corrected chi connectivity index (χ1v) is 10.2. The second-order valence-corrected chi connectivity index (χ2v) is 8.65. The van der Waals surface area contributed by atoms with Gasteiger partial charge in [0, 0.05) is 33.7 Å². The third-order valence-electron chi connectivity index (χ3n) is 6.44. The summed E-state index contributed by atoms with van der Waals surface area (Å²) in [6.45, 7) is 3.70. The Kier molecular flexibility index (Phi) is 3.53. The number of hydrogen-bond acceptors (Lipinski definition) is 3. The molecule has 30 heavy (non-hydrogen) atoms. The van der Waals surface area contributed by atoms with Crippen LogP contribution in [0.2, 0.25) is 0 Å². The normalized spacial score (nSPS) is 27.3. The van der Waals surface area contributed by atoms with Gasteiger partial charge >= 0.3 is 5.97 Å². The summed E-state index contributed by atoms with van der Waals surface area (Å²) in [5.41, 5.74) is 4.75. The Bertz CT molecular complexity index is 1300. The van der Waals surface area contributed by atoms with Gasteiger partial charge in [-0.15, -0.1) is 0 Å². The van der Waals surface area contributed by atoms with Gasteiger partial charge in [-0.25, -0.2) is 0 Å². The van der Waals surface area contributed by atoms with Crippen LogP contribution in [0.3, 0.4) is 0 Å². The highest BCUT2D eigenvalue weighted by Crippen LogP contribution is 2.53. The number of fused-ring (bicyclic) bond motifs is 5. The first-order chi connectivity index (χ1) is 14.4. The number of nitrogens with one attached hydrogen (secondary N) is 2. The number of carboxylic acid groups (broad SMARTS) is 1. The number of carboxylic acids is 1. The number of aromatic nitrogens is 2. The molecule has 152 valence electrons. The molecule has 2 aromatic heterocycles. The average Bonchev–Trinajstić information content (AvgIpc) is 3.38. The smallest absolute Gasteiger partial charge is 0.313 e. The number of aliphatic carboxylic acids is 1. The second kappa shape index (κ2) is 5.97. The van der Waals surface area contributed by atoms with Crippen LogP contribution in [0.5, 0.6) is 0 Å². The molecule has 3 N–H and O–H groups in total. The molecule has 6 rings (SSSR count). The zero-order chi connectivity index (χ0) is 20.6. The lowest BCUT2D eigenvalue weighted by Crippen LogP contribution is -2.42. The number of hydrogen-bond donors (Lipinski definition) is 3.